The maximum Gasteiger partial charge on any atom is 0.00980 e. The molecule has 0 radical (unpaired) electrons. The van der Waals surface area contributed by atoms with E-state index in [2.05, 4.69) is 72.6 Å². The number of benzene rings is 2. The third-order valence-electron chi connectivity index (χ3n) is 5.41. The molecule has 1 aliphatic heterocycles. The fraction of sp³-hybridized carbons (Fsp3) is 0.455. The van der Waals surface area contributed by atoms with E-state index in [0.717, 1.165) is 12.0 Å². The van der Waals surface area contributed by atoms with E-state index in [0.29, 0.717) is 0 Å². The first-order valence-electron chi connectivity index (χ1n) is 9.09. The average Bonchev–Trinajstić information content (AvgIpc) is 2.62. The minimum absolute atomic E-state index is 0. The van der Waals surface area contributed by atoms with Crippen LogP contribution in [0.5, 0.6) is 0 Å². The monoisotopic (exact) mass is 343 g/mol. The van der Waals surface area contributed by atoms with Crippen LogP contribution in [0, 0.1) is 5.92 Å². The Bertz CT molecular complexity index is 569. The van der Waals surface area contributed by atoms with Gasteiger partial charge in [0.2, 0.25) is 0 Å². The average molecular weight is 344 g/mol. The lowest BCUT2D eigenvalue weighted by atomic mass is 9.84. The summed E-state index contributed by atoms with van der Waals surface area (Å²) in [5, 5.41) is 0. The zero-order valence-corrected chi connectivity index (χ0v) is 15.5. The van der Waals surface area contributed by atoms with Gasteiger partial charge in [0, 0.05) is 6.04 Å². The van der Waals surface area contributed by atoms with Gasteiger partial charge < -0.3 is 4.90 Å². The summed E-state index contributed by atoms with van der Waals surface area (Å²) in [6, 6.07) is 22.7. The molecule has 3 rings (SSSR count). The van der Waals surface area contributed by atoms with Crippen LogP contribution in [0.1, 0.15) is 36.8 Å². The van der Waals surface area contributed by atoms with Crippen LogP contribution >= 0.6 is 12.4 Å². The highest BCUT2D eigenvalue weighted by Crippen LogP contribution is 2.28. The fourth-order valence-electron chi connectivity index (χ4n) is 3.85. The molecule has 130 valence electrons. The number of rotatable bonds is 6. The first-order chi connectivity index (χ1) is 11.3. The molecule has 2 unspecified atom stereocenters. The molecule has 1 aliphatic rings. The smallest absolute Gasteiger partial charge is 0.00980 e. The molecule has 2 heteroatoms. The Morgan fingerprint density at radius 2 is 1.38 bits per heavy atom. The summed E-state index contributed by atoms with van der Waals surface area (Å²) in [4.78, 5) is 2.59. The van der Waals surface area contributed by atoms with Gasteiger partial charge >= 0.3 is 0 Å². The number of likely N-dealkylation sites (tertiary alicyclic amines) is 1. The molecule has 0 spiro atoms. The molecule has 0 aliphatic carbocycles. The Kier molecular flexibility index (Phi) is 7.81. The van der Waals surface area contributed by atoms with Crippen molar-refractivity contribution in [1.82, 2.24) is 4.90 Å². The molecular weight excluding hydrogens is 314 g/mol. The van der Waals surface area contributed by atoms with Gasteiger partial charge in [0.05, 0.1) is 0 Å². The highest BCUT2D eigenvalue weighted by molar-refractivity contribution is 5.85. The quantitative estimate of drug-likeness (QED) is 0.680. The van der Waals surface area contributed by atoms with Crippen molar-refractivity contribution >= 4 is 12.4 Å². The summed E-state index contributed by atoms with van der Waals surface area (Å²) in [6.07, 6.45) is 7.82. The molecule has 2 atom stereocenters. The van der Waals surface area contributed by atoms with Gasteiger partial charge in [-0.3, -0.25) is 0 Å². The summed E-state index contributed by atoms with van der Waals surface area (Å²) < 4.78 is 0. The van der Waals surface area contributed by atoms with E-state index >= 15 is 0 Å². The molecule has 2 aromatic carbocycles. The number of piperidine rings is 1. The first kappa shape index (κ1) is 19.0. The zero-order chi connectivity index (χ0) is 15.9. The molecule has 0 N–H and O–H groups in total. The Morgan fingerprint density at radius 3 is 1.96 bits per heavy atom. The largest absolute Gasteiger partial charge is 0.303 e. The molecule has 0 saturated carbocycles. The van der Waals surface area contributed by atoms with Crippen molar-refractivity contribution in [2.24, 2.45) is 5.92 Å². The van der Waals surface area contributed by atoms with Crippen molar-refractivity contribution in [2.45, 2.75) is 44.6 Å². The van der Waals surface area contributed by atoms with Gasteiger partial charge in [-0.1, -0.05) is 60.7 Å². The Hall–Kier alpha value is -1.31. The first-order valence-corrected chi connectivity index (χ1v) is 9.09. The van der Waals surface area contributed by atoms with E-state index in [1.165, 1.54) is 56.2 Å². The van der Waals surface area contributed by atoms with Crippen LogP contribution in [0.2, 0.25) is 0 Å². The van der Waals surface area contributed by atoms with E-state index in [1.54, 1.807) is 0 Å². The third-order valence-corrected chi connectivity index (χ3v) is 5.41. The second-order valence-electron chi connectivity index (χ2n) is 7.07. The van der Waals surface area contributed by atoms with Crippen molar-refractivity contribution in [2.75, 3.05) is 13.6 Å². The number of hydrogen-bond donors (Lipinski definition) is 0. The topological polar surface area (TPSA) is 3.24 Å². The van der Waals surface area contributed by atoms with Crippen LogP contribution in [0.15, 0.2) is 60.7 Å². The Balaban J connectivity index is 0.00000208. The summed E-state index contributed by atoms with van der Waals surface area (Å²) in [7, 11) is 2.31. The molecule has 1 nitrogen and oxygen atoms in total. The molecule has 0 bridgehead atoms. The minimum atomic E-state index is 0. The molecule has 1 fully saturated rings. The van der Waals surface area contributed by atoms with Crippen molar-refractivity contribution in [3.05, 3.63) is 71.8 Å². The van der Waals surface area contributed by atoms with Crippen LogP contribution in [0.4, 0.5) is 0 Å². The van der Waals surface area contributed by atoms with Crippen molar-refractivity contribution in [3.63, 3.8) is 0 Å². The van der Waals surface area contributed by atoms with Crippen LogP contribution in [0.25, 0.3) is 0 Å². The Labute approximate surface area is 153 Å². The van der Waals surface area contributed by atoms with E-state index in [-0.39, 0.29) is 12.4 Å². The van der Waals surface area contributed by atoms with Gasteiger partial charge in [0.25, 0.3) is 0 Å². The maximum atomic E-state index is 2.59. The van der Waals surface area contributed by atoms with Gasteiger partial charge in [-0.25, -0.2) is 0 Å². The van der Waals surface area contributed by atoms with Gasteiger partial charge in [-0.15, -0.1) is 12.4 Å². The maximum absolute atomic E-state index is 2.59. The summed E-state index contributed by atoms with van der Waals surface area (Å²) in [5.74, 6) is 0.896. The van der Waals surface area contributed by atoms with Crippen molar-refractivity contribution in [1.29, 1.82) is 0 Å². The SMILES string of the molecule is CN1CCC(CCc2ccccc2)CC1CCc1ccccc1.Cl. The number of nitrogens with zero attached hydrogens (tertiary/aromatic N) is 1. The van der Waals surface area contributed by atoms with Crippen LogP contribution in [-0.4, -0.2) is 24.5 Å². The van der Waals surface area contributed by atoms with Crippen molar-refractivity contribution in [3.8, 4) is 0 Å². The fourth-order valence-corrected chi connectivity index (χ4v) is 3.85. The molecular formula is C22H30ClN. The van der Waals surface area contributed by atoms with E-state index < -0.39 is 0 Å². The van der Waals surface area contributed by atoms with Crippen LogP contribution in [0.3, 0.4) is 0 Å². The predicted octanol–water partition coefficient (Wildman–Crippen LogP) is 5.38. The van der Waals surface area contributed by atoms with E-state index in [1.807, 2.05) is 0 Å². The van der Waals surface area contributed by atoms with Gasteiger partial charge in [-0.05, 0) is 69.2 Å². The lowest BCUT2D eigenvalue weighted by Crippen LogP contribution is -2.40. The summed E-state index contributed by atoms with van der Waals surface area (Å²) in [5.41, 5.74) is 2.97. The molecule has 1 saturated heterocycles. The van der Waals surface area contributed by atoms with Gasteiger partial charge in [0.1, 0.15) is 0 Å². The second kappa shape index (κ2) is 9.86. The van der Waals surface area contributed by atoms with Gasteiger partial charge in [0.15, 0.2) is 0 Å². The predicted molar refractivity (Wildman–Crippen MR) is 106 cm³/mol. The number of halogens is 1. The van der Waals surface area contributed by atoms with Crippen LogP contribution < -0.4 is 0 Å². The highest BCUT2D eigenvalue weighted by Gasteiger charge is 2.25. The number of hydrogen-bond acceptors (Lipinski definition) is 1. The summed E-state index contributed by atoms with van der Waals surface area (Å²) >= 11 is 0. The second-order valence-corrected chi connectivity index (χ2v) is 7.07. The minimum Gasteiger partial charge on any atom is -0.303 e. The highest BCUT2D eigenvalue weighted by atomic mass is 35.5. The number of aryl methyl sites for hydroxylation is 2. The van der Waals surface area contributed by atoms with E-state index in [9.17, 15) is 0 Å². The zero-order valence-electron chi connectivity index (χ0n) is 14.7. The standard InChI is InChI=1S/C22H29N.ClH/c1-23-17-16-21(13-12-19-8-4-2-5-9-19)18-22(23)15-14-20-10-6-3-7-11-20;/h2-11,21-22H,12-18H2,1H3;1H. The summed E-state index contributed by atoms with van der Waals surface area (Å²) in [6.45, 7) is 1.26. The van der Waals surface area contributed by atoms with E-state index in [4.69, 9.17) is 0 Å². The lowest BCUT2D eigenvalue weighted by Gasteiger charge is -2.37. The molecule has 2 aromatic rings. The Morgan fingerprint density at radius 1 is 0.833 bits per heavy atom. The molecule has 1 heterocycles. The molecule has 0 aromatic heterocycles. The van der Waals surface area contributed by atoms with Gasteiger partial charge in [-0.2, -0.15) is 0 Å². The lowest BCUT2D eigenvalue weighted by molar-refractivity contribution is 0.130. The normalized spacial score (nSPS) is 21.2. The van der Waals surface area contributed by atoms with Crippen LogP contribution in [-0.2, 0) is 12.8 Å². The molecule has 24 heavy (non-hydrogen) atoms. The molecule has 0 amide bonds. The van der Waals surface area contributed by atoms with Crippen molar-refractivity contribution < 1.29 is 0 Å². The third kappa shape index (κ3) is 5.65.